The first-order valence-corrected chi connectivity index (χ1v) is 12.2. The minimum atomic E-state index is -0.996. The van der Waals surface area contributed by atoms with Gasteiger partial charge in [0.1, 0.15) is 5.75 Å². The molecule has 1 aromatic carbocycles. The number of hydrogen-bond donors (Lipinski definition) is 4. The second-order valence-corrected chi connectivity index (χ2v) is 9.09. The van der Waals surface area contributed by atoms with Crippen molar-refractivity contribution in [1.82, 2.24) is 10.6 Å². The van der Waals surface area contributed by atoms with Crippen LogP contribution < -0.4 is 10.6 Å². The van der Waals surface area contributed by atoms with Gasteiger partial charge in [0.2, 0.25) is 5.91 Å². The summed E-state index contributed by atoms with van der Waals surface area (Å²) in [6, 6.07) is 6.73. The van der Waals surface area contributed by atoms with Crippen LogP contribution in [0.25, 0.3) is 11.1 Å². The summed E-state index contributed by atoms with van der Waals surface area (Å²) in [5.41, 5.74) is 2.92. The van der Waals surface area contributed by atoms with Crippen LogP contribution in [-0.4, -0.2) is 46.4 Å². The standard InChI is InChI=1S/C25H32N2O5S/c1-4-20(5-2)32-23-12-19(25(30)31)10-21(24(23)27-15(3)28)26-13-17-7-6-16(11-22(17)29)18-8-9-33-14-18/h6-9,11-12,14,20-21,23-24,26,29H,4-5,10,13H2,1-3H3,(H,27,28)(H,30,31)/t21-,23+,24+/m0/s1. The predicted molar refractivity (Wildman–Crippen MR) is 129 cm³/mol. The Balaban J connectivity index is 1.81. The second kappa shape index (κ2) is 11.4. The number of carbonyl (C=O) groups excluding carboxylic acids is 1. The molecule has 2 aromatic rings. The number of benzene rings is 1. The van der Waals surface area contributed by atoms with Crippen molar-refractivity contribution in [2.75, 3.05) is 0 Å². The van der Waals surface area contributed by atoms with Crippen LogP contribution in [0.3, 0.4) is 0 Å². The molecule has 8 heteroatoms. The quantitative estimate of drug-likeness (QED) is 0.415. The summed E-state index contributed by atoms with van der Waals surface area (Å²) in [6.45, 7) is 5.80. The van der Waals surface area contributed by atoms with Gasteiger partial charge in [-0.1, -0.05) is 26.0 Å². The average molecular weight is 473 g/mol. The average Bonchev–Trinajstić information content (AvgIpc) is 3.32. The zero-order valence-electron chi connectivity index (χ0n) is 19.2. The van der Waals surface area contributed by atoms with Gasteiger partial charge in [-0.3, -0.25) is 4.79 Å². The third-order valence-electron chi connectivity index (χ3n) is 5.99. The summed E-state index contributed by atoms with van der Waals surface area (Å²) < 4.78 is 6.20. The van der Waals surface area contributed by atoms with Gasteiger partial charge in [-0.05, 0) is 59.4 Å². The van der Waals surface area contributed by atoms with Gasteiger partial charge in [-0.25, -0.2) is 4.79 Å². The molecular formula is C25H32N2O5S. The van der Waals surface area contributed by atoms with Crippen molar-refractivity contribution in [2.45, 2.75) is 70.9 Å². The van der Waals surface area contributed by atoms with Crippen LogP contribution in [0, 0.1) is 0 Å². The van der Waals surface area contributed by atoms with Gasteiger partial charge in [-0.15, -0.1) is 0 Å². The van der Waals surface area contributed by atoms with Crippen molar-refractivity contribution in [2.24, 2.45) is 0 Å². The maximum Gasteiger partial charge on any atom is 0.331 e. The van der Waals surface area contributed by atoms with Crippen LogP contribution in [0.2, 0.25) is 0 Å². The number of phenols is 1. The van der Waals surface area contributed by atoms with Crippen LogP contribution in [-0.2, 0) is 20.9 Å². The number of aromatic hydroxyl groups is 1. The van der Waals surface area contributed by atoms with E-state index in [1.165, 1.54) is 6.92 Å². The van der Waals surface area contributed by atoms with E-state index in [-0.39, 0.29) is 35.8 Å². The summed E-state index contributed by atoms with van der Waals surface area (Å²) in [5, 5.41) is 30.5. The summed E-state index contributed by atoms with van der Waals surface area (Å²) in [4.78, 5) is 23.8. The Morgan fingerprint density at radius 2 is 1.97 bits per heavy atom. The van der Waals surface area contributed by atoms with Crippen molar-refractivity contribution in [3.63, 3.8) is 0 Å². The minimum absolute atomic E-state index is 0.0370. The lowest BCUT2D eigenvalue weighted by molar-refractivity contribution is -0.133. The smallest absolute Gasteiger partial charge is 0.331 e. The van der Waals surface area contributed by atoms with E-state index in [4.69, 9.17) is 4.74 Å². The summed E-state index contributed by atoms with van der Waals surface area (Å²) >= 11 is 1.59. The van der Waals surface area contributed by atoms with Crippen LogP contribution in [0.1, 0.15) is 45.6 Å². The Labute approximate surface area is 198 Å². The van der Waals surface area contributed by atoms with Crippen molar-refractivity contribution in [3.05, 3.63) is 52.2 Å². The molecule has 178 valence electrons. The first kappa shape index (κ1) is 25.0. The van der Waals surface area contributed by atoms with Gasteiger partial charge in [0.15, 0.2) is 0 Å². The number of nitrogens with one attached hydrogen (secondary N) is 2. The van der Waals surface area contributed by atoms with E-state index in [0.29, 0.717) is 12.1 Å². The molecule has 0 radical (unpaired) electrons. The van der Waals surface area contributed by atoms with Crippen LogP contribution >= 0.6 is 11.3 Å². The molecule has 3 rings (SSSR count). The highest BCUT2D eigenvalue weighted by Crippen LogP contribution is 2.29. The molecule has 7 nitrogen and oxygen atoms in total. The van der Waals surface area contributed by atoms with E-state index in [1.54, 1.807) is 23.5 Å². The number of thiophene rings is 1. The number of carboxylic acid groups (broad SMARTS) is 1. The fraction of sp³-hybridized carbons (Fsp3) is 0.440. The van der Waals surface area contributed by atoms with E-state index in [2.05, 4.69) is 10.6 Å². The van der Waals surface area contributed by atoms with Gasteiger partial charge in [0.05, 0.1) is 18.2 Å². The van der Waals surface area contributed by atoms with E-state index >= 15 is 0 Å². The number of amides is 1. The monoisotopic (exact) mass is 472 g/mol. The Bertz CT molecular complexity index is 985. The van der Waals surface area contributed by atoms with E-state index in [1.807, 2.05) is 42.8 Å². The normalized spacial score (nSPS) is 20.5. The SMILES string of the molecule is CCC(CC)O[C@@H]1C=C(C(=O)O)C[C@H](NCc2ccc(-c3ccsc3)cc2O)[C@H]1NC(C)=O. The van der Waals surface area contributed by atoms with E-state index in [9.17, 15) is 19.8 Å². The number of carboxylic acids is 1. The molecule has 1 aliphatic rings. The molecule has 4 N–H and O–H groups in total. The largest absolute Gasteiger partial charge is 0.508 e. The molecule has 1 aromatic heterocycles. The Kier molecular flexibility index (Phi) is 8.66. The van der Waals surface area contributed by atoms with Gasteiger partial charge < -0.3 is 25.6 Å². The molecule has 0 spiro atoms. The molecule has 3 atom stereocenters. The fourth-order valence-electron chi connectivity index (χ4n) is 4.13. The highest BCUT2D eigenvalue weighted by molar-refractivity contribution is 7.08. The van der Waals surface area contributed by atoms with Crippen molar-refractivity contribution < 1.29 is 24.5 Å². The third kappa shape index (κ3) is 6.43. The maximum absolute atomic E-state index is 12.0. The lowest BCUT2D eigenvalue weighted by Gasteiger charge is -2.38. The molecule has 1 heterocycles. The molecular weight excluding hydrogens is 440 g/mol. The number of phenolic OH excluding ortho intramolecular Hbond substituents is 1. The van der Waals surface area contributed by atoms with Crippen molar-refractivity contribution in [1.29, 1.82) is 0 Å². The maximum atomic E-state index is 12.0. The number of hydrogen-bond acceptors (Lipinski definition) is 6. The molecule has 33 heavy (non-hydrogen) atoms. The molecule has 0 bridgehead atoms. The zero-order chi connectivity index (χ0) is 24.0. The first-order chi connectivity index (χ1) is 15.8. The third-order valence-corrected chi connectivity index (χ3v) is 6.68. The topological polar surface area (TPSA) is 108 Å². The minimum Gasteiger partial charge on any atom is -0.508 e. The Morgan fingerprint density at radius 3 is 2.55 bits per heavy atom. The highest BCUT2D eigenvalue weighted by Gasteiger charge is 2.37. The predicted octanol–water partition coefficient (Wildman–Crippen LogP) is 4.07. The first-order valence-electron chi connectivity index (χ1n) is 11.3. The van der Waals surface area contributed by atoms with Gasteiger partial charge >= 0.3 is 5.97 Å². The van der Waals surface area contributed by atoms with Crippen LogP contribution in [0.15, 0.2) is 46.7 Å². The highest BCUT2D eigenvalue weighted by atomic mass is 32.1. The number of rotatable bonds is 10. The molecule has 1 aliphatic carbocycles. The summed E-state index contributed by atoms with van der Waals surface area (Å²) in [5.74, 6) is -1.04. The number of carbonyl (C=O) groups is 2. The molecule has 0 saturated carbocycles. The Morgan fingerprint density at radius 1 is 1.21 bits per heavy atom. The van der Waals surface area contributed by atoms with Crippen molar-refractivity contribution in [3.8, 4) is 16.9 Å². The van der Waals surface area contributed by atoms with Gasteiger partial charge in [-0.2, -0.15) is 11.3 Å². The molecule has 0 fully saturated rings. The van der Waals surface area contributed by atoms with Crippen LogP contribution in [0.4, 0.5) is 0 Å². The molecule has 0 unspecified atom stereocenters. The summed E-state index contributed by atoms with van der Waals surface area (Å²) in [7, 11) is 0. The van der Waals surface area contributed by atoms with Crippen LogP contribution in [0.5, 0.6) is 5.75 Å². The van der Waals surface area contributed by atoms with Gasteiger partial charge in [0.25, 0.3) is 0 Å². The zero-order valence-corrected chi connectivity index (χ0v) is 20.0. The molecule has 1 amide bonds. The fourth-order valence-corrected chi connectivity index (χ4v) is 4.79. The lowest BCUT2D eigenvalue weighted by atomic mass is 9.87. The number of aliphatic carboxylic acids is 1. The summed E-state index contributed by atoms with van der Waals surface area (Å²) in [6.07, 6.45) is 2.83. The second-order valence-electron chi connectivity index (χ2n) is 8.31. The van der Waals surface area contributed by atoms with Crippen molar-refractivity contribution >= 4 is 23.2 Å². The lowest BCUT2D eigenvalue weighted by Crippen LogP contribution is -2.58. The number of ether oxygens (including phenoxy) is 1. The Hall–Kier alpha value is -2.68. The molecule has 0 aliphatic heterocycles. The van der Waals surface area contributed by atoms with E-state index in [0.717, 1.165) is 24.0 Å². The molecule has 0 saturated heterocycles. The van der Waals surface area contributed by atoms with E-state index < -0.39 is 18.1 Å². The van der Waals surface area contributed by atoms with Gasteiger partial charge in [0, 0.05) is 30.6 Å².